The topological polar surface area (TPSA) is 29.3 Å². The van der Waals surface area contributed by atoms with Crippen LogP contribution in [0, 0.1) is 11.7 Å². The van der Waals surface area contributed by atoms with E-state index in [1.807, 2.05) is 0 Å². The second kappa shape index (κ2) is 8.38. The van der Waals surface area contributed by atoms with Crippen molar-refractivity contribution in [2.24, 2.45) is 11.7 Å². The minimum absolute atomic E-state index is 0.0788. The van der Waals surface area contributed by atoms with Crippen LogP contribution in [0.2, 0.25) is 0 Å². The van der Waals surface area contributed by atoms with Crippen molar-refractivity contribution in [2.45, 2.75) is 52.6 Å². The van der Waals surface area contributed by atoms with Crippen LogP contribution in [0.25, 0.3) is 0 Å². The maximum atomic E-state index is 13.0. The lowest BCUT2D eigenvalue weighted by molar-refractivity contribution is 0.160. The predicted molar refractivity (Wildman–Crippen MR) is 84.1 cm³/mol. The standard InChI is InChI=1S/C17H29FN2/c1-5-14(6-2)12-20(7-3)13(4)17(19)15-8-10-16(18)11-9-15/h8-11,13-14,17H,5-7,12,19H2,1-4H3. The molecule has 2 N–H and O–H groups in total. The van der Waals surface area contributed by atoms with Gasteiger partial charge < -0.3 is 5.73 Å². The van der Waals surface area contributed by atoms with Gasteiger partial charge in [0.2, 0.25) is 0 Å². The van der Waals surface area contributed by atoms with Crippen LogP contribution < -0.4 is 5.73 Å². The molecule has 0 radical (unpaired) electrons. The van der Waals surface area contributed by atoms with Gasteiger partial charge in [0.05, 0.1) is 0 Å². The molecule has 0 spiro atoms. The monoisotopic (exact) mass is 280 g/mol. The van der Waals surface area contributed by atoms with Crippen molar-refractivity contribution in [1.82, 2.24) is 4.90 Å². The molecule has 0 saturated carbocycles. The Morgan fingerprint density at radius 1 is 1.10 bits per heavy atom. The van der Waals surface area contributed by atoms with E-state index in [0.717, 1.165) is 24.6 Å². The third-order valence-electron chi connectivity index (χ3n) is 4.40. The van der Waals surface area contributed by atoms with Crippen molar-refractivity contribution in [2.75, 3.05) is 13.1 Å². The van der Waals surface area contributed by atoms with Gasteiger partial charge in [-0.2, -0.15) is 0 Å². The Morgan fingerprint density at radius 2 is 1.65 bits per heavy atom. The highest BCUT2D eigenvalue weighted by atomic mass is 19.1. The van der Waals surface area contributed by atoms with Crippen LogP contribution in [0.4, 0.5) is 4.39 Å². The highest BCUT2D eigenvalue weighted by Crippen LogP contribution is 2.21. The molecule has 114 valence electrons. The summed E-state index contributed by atoms with van der Waals surface area (Å²) in [5.41, 5.74) is 7.36. The minimum atomic E-state index is -0.210. The van der Waals surface area contributed by atoms with E-state index in [0.29, 0.717) is 0 Å². The van der Waals surface area contributed by atoms with Crippen LogP contribution in [-0.2, 0) is 0 Å². The van der Waals surface area contributed by atoms with Crippen LogP contribution >= 0.6 is 0 Å². The van der Waals surface area contributed by atoms with Crippen molar-refractivity contribution < 1.29 is 4.39 Å². The molecular weight excluding hydrogens is 251 g/mol. The molecule has 0 amide bonds. The van der Waals surface area contributed by atoms with E-state index < -0.39 is 0 Å². The fourth-order valence-electron chi connectivity index (χ4n) is 2.65. The molecule has 0 heterocycles. The molecule has 1 aromatic rings. The Labute approximate surface area is 123 Å². The number of benzene rings is 1. The third kappa shape index (κ3) is 4.57. The van der Waals surface area contributed by atoms with Crippen molar-refractivity contribution in [3.8, 4) is 0 Å². The van der Waals surface area contributed by atoms with Gasteiger partial charge in [0.1, 0.15) is 5.82 Å². The zero-order valence-corrected chi connectivity index (χ0v) is 13.3. The Bertz CT molecular complexity index is 373. The zero-order valence-electron chi connectivity index (χ0n) is 13.3. The molecule has 2 nitrogen and oxygen atoms in total. The second-order valence-corrected chi connectivity index (χ2v) is 5.59. The molecule has 1 aromatic carbocycles. The Morgan fingerprint density at radius 3 is 2.10 bits per heavy atom. The average Bonchev–Trinajstić information content (AvgIpc) is 2.48. The van der Waals surface area contributed by atoms with E-state index in [4.69, 9.17) is 5.73 Å². The van der Waals surface area contributed by atoms with Crippen molar-refractivity contribution in [1.29, 1.82) is 0 Å². The largest absolute Gasteiger partial charge is 0.323 e. The number of hydrogen-bond donors (Lipinski definition) is 1. The quantitative estimate of drug-likeness (QED) is 0.780. The molecule has 0 aliphatic carbocycles. The van der Waals surface area contributed by atoms with Gasteiger partial charge in [-0.1, -0.05) is 45.7 Å². The minimum Gasteiger partial charge on any atom is -0.323 e. The number of nitrogens with two attached hydrogens (primary N) is 1. The summed E-state index contributed by atoms with van der Waals surface area (Å²) < 4.78 is 13.0. The molecule has 0 fully saturated rings. The van der Waals surface area contributed by atoms with Crippen LogP contribution in [-0.4, -0.2) is 24.0 Å². The molecule has 0 aromatic heterocycles. The second-order valence-electron chi connectivity index (χ2n) is 5.59. The van der Waals surface area contributed by atoms with E-state index in [1.54, 1.807) is 12.1 Å². The van der Waals surface area contributed by atoms with Gasteiger partial charge in [-0.3, -0.25) is 4.90 Å². The Hall–Kier alpha value is -0.930. The average molecular weight is 280 g/mol. The molecule has 2 atom stereocenters. The molecule has 1 rings (SSSR count). The predicted octanol–water partition coefficient (Wildman–Crippen LogP) is 3.97. The van der Waals surface area contributed by atoms with Crippen LogP contribution in [0.5, 0.6) is 0 Å². The summed E-state index contributed by atoms with van der Waals surface area (Å²) in [6.45, 7) is 10.9. The van der Waals surface area contributed by atoms with Gasteiger partial charge in [-0.05, 0) is 37.1 Å². The third-order valence-corrected chi connectivity index (χ3v) is 4.40. The number of nitrogens with zero attached hydrogens (tertiary/aromatic N) is 1. The molecule has 0 bridgehead atoms. The maximum Gasteiger partial charge on any atom is 0.123 e. The van der Waals surface area contributed by atoms with E-state index >= 15 is 0 Å². The Balaban J connectivity index is 2.74. The summed E-state index contributed by atoms with van der Waals surface area (Å²) in [4.78, 5) is 2.44. The summed E-state index contributed by atoms with van der Waals surface area (Å²) in [6, 6.07) is 6.73. The van der Waals surface area contributed by atoms with Gasteiger partial charge in [0.25, 0.3) is 0 Å². The molecule has 0 aliphatic rings. The summed E-state index contributed by atoms with van der Waals surface area (Å²) in [5, 5.41) is 0. The van der Waals surface area contributed by atoms with Gasteiger partial charge >= 0.3 is 0 Å². The van der Waals surface area contributed by atoms with Gasteiger partial charge in [0.15, 0.2) is 0 Å². The number of rotatable bonds is 8. The number of halogens is 1. The normalized spacial score (nSPS) is 14.8. The fourth-order valence-corrected chi connectivity index (χ4v) is 2.65. The van der Waals surface area contributed by atoms with Gasteiger partial charge in [-0.15, -0.1) is 0 Å². The summed E-state index contributed by atoms with van der Waals surface area (Å²) in [6.07, 6.45) is 2.40. The first-order valence-electron chi connectivity index (χ1n) is 7.78. The van der Waals surface area contributed by atoms with Crippen molar-refractivity contribution in [3.05, 3.63) is 35.6 Å². The first kappa shape index (κ1) is 17.1. The van der Waals surface area contributed by atoms with Gasteiger partial charge in [0, 0.05) is 18.6 Å². The number of hydrogen-bond acceptors (Lipinski definition) is 2. The lowest BCUT2D eigenvalue weighted by Gasteiger charge is -2.34. The lowest BCUT2D eigenvalue weighted by atomic mass is 9.97. The first-order chi connectivity index (χ1) is 9.53. The van der Waals surface area contributed by atoms with E-state index in [2.05, 4.69) is 32.6 Å². The molecule has 0 aliphatic heterocycles. The molecule has 2 unspecified atom stereocenters. The molecule has 3 heteroatoms. The summed E-state index contributed by atoms with van der Waals surface area (Å²) >= 11 is 0. The van der Waals surface area contributed by atoms with E-state index in [1.165, 1.54) is 25.0 Å². The van der Waals surface area contributed by atoms with Crippen LogP contribution in [0.15, 0.2) is 24.3 Å². The van der Waals surface area contributed by atoms with E-state index in [9.17, 15) is 4.39 Å². The van der Waals surface area contributed by atoms with Crippen LogP contribution in [0.3, 0.4) is 0 Å². The number of likely N-dealkylation sites (N-methyl/N-ethyl adjacent to an activating group) is 1. The summed E-state index contributed by atoms with van der Waals surface area (Å²) in [5.74, 6) is 0.510. The van der Waals surface area contributed by atoms with Gasteiger partial charge in [-0.25, -0.2) is 4.39 Å². The Kier molecular flexibility index (Phi) is 7.17. The highest BCUT2D eigenvalue weighted by molar-refractivity contribution is 5.20. The van der Waals surface area contributed by atoms with Crippen molar-refractivity contribution in [3.63, 3.8) is 0 Å². The van der Waals surface area contributed by atoms with Crippen molar-refractivity contribution >= 4 is 0 Å². The smallest absolute Gasteiger partial charge is 0.123 e. The molecular formula is C17H29FN2. The highest BCUT2D eigenvalue weighted by Gasteiger charge is 2.22. The lowest BCUT2D eigenvalue weighted by Crippen LogP contribution is -2.43. The molecule has 0 saturated heterocycles. The SMILES string of the molecule is CCC(CC)CN(CC)C(C)C(N)c1ccc(F)cc1. The fraction of sp³-hybridized carbons (Fsp3) is 0.647. The zero-order chi connectivity index (χ0) is 15.1. The molecule has 20 heavy (non-hydrogen) atoms. The summed E-state index contributed by atoms with van der Waals surface area (Å²) in [7, 11) is 0. The maximum absolute atomic E-state index is 13.0. The first-order valence-corrected chi connectivity index (χ1v) is 7.78. The van der Waals surface area contributed by atoms with E-state index in [-0.39, 0.29) is 17.9 Å². The van der Waals surface area contributed by atoms with Crippen LogP contribution in [0.1, 0.15) is 52.1 Å².